The zero-order valence-electron chi connectivity index (χ0n) is 7.71. The van der Waals surface area contributed by atoms with E-state index in [9.17, 15) is 8.78 Å². The second-order valence-electron chi connectivity index (χ2n) is 2.62. The van der Waals surface area contributed by atoms with Gasteiger partial charge in [-0.15, -0.1) is 0 Å². The van der Waals surface area contributed by atoms with Crippen LogP contribution < -0.4 is 4.74 Å². The van der Waals surface area contributed by atoms with Gasteiger partial charge in [-0.3, -0.25) is 4.98 Å². The maximum Gasteiger partial charge on any atom is 0.280 e. The molecule has 1 rings (SSSR count). The van der Waals surface area contributed by atoms with E-state index in [-0.39, 0.29) is 22.6 Å². The highest BCUT2D eigenvalue weighted by molar-refractivity contribution is 5.48. The van der Waals surface area contributed by atoms with Gasteiger partial charge in [0.2, 0.25) is 0 Å². The summed E-state index contributed by atoms with van der Waals surface area (Å²) in [5.74, 6) is 0.217. The van der Waals surface area contributed by atoms with Crippen molar-refractivity contribution in [3.63, 3.8) is 0 Å². The Morgan fingerprint density at radius 1 is 1.57 bits per heavy atom. The Hall–Kier alpha value is -1.70. The smallest absolute Gasteiger partial charge is 0.280 e. The molecule has 0 amide bonds. The summed E-state index contributed by atoms with van der Waals surface area (Å²) in [5.41, 5.74) is -0.0954. The molecule has 0 aliphatic carbocycles. The summed E-state index contributed by atoms with van der Waals surface area (Å²) in [7, 11) is 1.36. The fourth-order valence-corrected chi connectivity index (χ4v) is 1.12. The van der Waals surface area contributed by atoms with E-state index < -0.39 is 6.43 Å². The Balaban J connectivity index is 3.37. The van der Waals surface area contributed by atoms with E-state index in [2.05, 4.69) is 4.98 Å². The standard InChI is InChI=1S/C9H8F2N2O/c1-5-6(3-12)7(14-2)4-13-8(5)9(10)11/h4,9H,1-2H3. The Bertz CT molecular complexity index is 385. The third-order valence-electron chi connectivity index (χ3n) is 1.86. The third kappa shape index (κ3) is 1.64. The van der Waals surface area contributed by atoms with E-state index in [1.807, 2.05) is 6.07 Å². The van der Waals surface area contributed by atoms with Crippen LogP contribution in [-0.2, 0) is 0 Å². The highest BCUT2D eigenvalue weighted by Crippen LogP contribution is 2.27. The monoisotopic (exact) mass is 198 g/mol. The quantitative estimate of drug-likeness (QED) is 0.731. The Morgan fingerprint density at radius 2 is 2.21 bits per heavy atom. The van der Waals surface area contributed by atoms with Gasteiger partial charge in [0.15, 0.2) is 5.75 Å². The lowest BCUT2D eigenvalue weighted by atomic mass is 10.1. The van der Waals surface area contributed by atoms with Crippen LogP contribution >= 0.6 is 0 Å². The van der Waals surface area contributed by atoms with Gasteiger partial charge in [0.1, 0.15) is 17.3 Å². The number of alkyl halides is 2. The summed E-state index contributed by atoms with van der Waals surface area (Å²) in [6.45, 7) is 1.43. The zero-order chi connectivity index (χ0) is 10.7. The lowest BCUT2D eigenvalue weighted by molar-refractivity contribution is 0.145. The van der Waals surface area contributed by atoms with Gasteiger partial charge in [0.05, 0.1) is 13.3 Å². The number of hydrogen-bond acceptors (Lipinski definition) is 3. The molecule has 0 bridgehead atoms. The summed E-state index contributed by atoms with van der Waals surface area (Å²) in [4.78, 5) is 3.53. The van der Waals surface area contributed by atoms with Crippen molar-refractivity contribution in [3.05, 3.63) is 23.0 Å². The largest absolute Gasteiger partial charge is 0.494 e. The molecule has 0 saturated carbocycles. The predicted octanol–water partition coefficient (Wildman–Crippen LogP) is 2.21. The van der Waals surface area contributed by atoms with Crippen molar-refractivity contribution in [2.24, 2.45) is 0 Å². The maximum absolute atomic E-state index is 12.4. The van der Waals surface area contributed by atoms with Crippen molar-refractivity contribution in [1.82, 2.24) is 4.98 Å². The summed E-state index contributed by atoms with van der Waals surface area (Å²) < 4.78 is 29.6. The van der Waals surface area contributed by atoms with Gasteiger partial charge < -0.3 is 4.74 Å². The van der Waals surface area contributed by atoms with Crippen LogP contribution in [0, 0.1) is 18.3 Å². The molecule has 0 aliphatic heterocycles. The van der Waals surface area contributed by atoms with Crippen LogP contribution in [0.25, 0.3) is 0 Å². The van der Waals surface area contributed by atoms with E-state index in [0.29, 0.717) is 0 Å². The molecule has 0 aromatic carbocycles. The molecule has 0 radical (unpaired) electrons. The van der Waals surface area contributed by atoms with Gasteiger partial charge in [-0.2, -0.15) is 5.26 Å². The first-order valence-electron chi connectivity index (χ1n) is 3.83. The first-order chi connectivity index (χ1) is 6.61. The number of ether oxygens (including phenoxy) is 1. The van der Waals surface area contributed by atoms with Crippen molar-refractivity contribution in [1.29, 1.82) is 5.26 Å². The van der Waals surface area contributed by atoms with Crippen molar-refractivity contribution in [2.45, 2.75) is 13.3 Å². The highest BCUT2D eigenvalue weighted by Gasteiger charge is 2.17. The molecular formula is C9H8F2N2O. The van der Waals surface area contributed by atoms with Gasteiger partial charge >= 0.3 is 0 Å². The number of methoxy groups -OCH3 is 1. The fourth-order valence-electron chi connectivity index (χ4n) is 1.12. The first-order valence-corrected chi connectivity index (χ1v) is 3.83. The van der Waals surface area contributed by atoms with Crippen molar-refractivity contribution in [3.8, 4) is 11.8 Å². The van der Waals surface area contributed by atoms with E-state index in [4.69, 9.17) is 10.00 Å². The highest BCUT2D eigenvalue weighted by atomic mass is 19.3. The Morgan fingerprint density at radius 3 is 2.64 bits per heavy atom. The molecule has 1 aromatic heterocycles. The molecule has 0 saturated heterocycles. The van der Waals surface area contributed by atoms with Gasteiger partial charge in [-0.25, -0.2) is 8.78 Å². The van der Waals surface area contributed by atoms with Crippen LogP contribution in [0.3, 0.4) is 0 Å². The van der Waals surface area contributed by atoms with Gasteiger partial charge in [0.25, 0.3) is 6.43 Å². The van der Waals surface area contributed by atoms with Gasteiger partial charge in [-0.1, -0.05) is 0 Å². The number of rotatable bonds is 2. The molecule has 3 nitrogen and oxygen atoms in total. The molecule has 0 fully saturated rings. The van der Waals surface area contributed by atoms with Crippen molar-refractivity contribution < 1.29 is 13.5 Å². The molecule has 1 heterocycles. The molecule has 14 heavy (non-hydrogen) atoms. The summed E-state index contributed by atoms with van der Waals surface area (Å²) in [5, 5.41) is 8.73. The van der Waals surface area contributed by atoms with Gasteiger partial charge in [0, 0.05) is 0 Å². The van der Waals surface area contributed by atoms with Crippen LogP contribution in [0.2, 0.25) is 0 Å². The van der Waals surface area contributed by atoms with Crippen LogP contribution in [-0.4, -0.2) is 12.1 Å². The van der Waals surface area contributed by atoms with Crippen LogP contribution in [0.1, 0.15) is 23.2 Å². The predicted molar refractivity (Wildman–Crippen MR) is 45.2 cm³/mol. The molecule has 0 N–H and O–H groups in total. The van der Waals surface area contributed by atoms with Crippen molar-refractivity contribution in [2.75, 3.05) is 7.11 Å². The normalized spacial score (nSPS) is 10.0. The van der Waals surface area contributed by atoms with Crippen LogP contribution in [0.4, 0.5) is 8.78 Å². The lowest BCUT2D eigenvalue weighted by Gasteiger charge is -2.08. The minimum atomic E-state index is -2.67. The minimum absolute atomic E-state index is 0.109. The fraction of sp³-hybridized carbons (Fsp3) is 0.333. The molecule has 0 unspecified atom stereocenters. The average Bonchev–Trinajstić information content (AvgIpc) is 2.16. The number of pyridine rings is 1. The summed E-state index contributed by atoms with van der Waals surface area (Å²) >= 11 is 0. The van der Waals surface area contributed by atoms with Gasteiger partial charge in [-0.05, 0) is 12.5 Å². The molecule has 0 aliphatic rings. The molecule has 1 aromatic rings. The summed E-state index contributed by atoms with van der Waals surface area (Å²) in [6.07, 6.45) is -1.54. The SMILES string of the molecule is COc1cnc(C(F)F)c(C)c1C#N. The van der Waals surface area contributed by atoms with Crippen molar-refractivity contribution >= 4 is 0 Å². The van der Waals surface area contributed by atoms with E-state index >= 15 is 0 Å². The van der Waals surface area contributed by atoms with E-state index in [1.165, 1.54) is 14.0 Å². The number of aromatic nitrogens is 1. The van der Waals surface area contributed by atoms with E-state index in [1.54, 1.807) is 0 Å². The maximum atomic E-state index is 12.4. The number of hydrogen-bond donors (Lipinski definition) is 0. The Kier molecular flexibility index (Phi) is 2.97. The number of nitriles is 1. The minimum Gasteiger partial charge on any atom is -0.494 e. The lowest BCUT2D eigenvalue weighted by Crippen LogP contribution is -2.00. The molecule has 5 heteroatoms. The topological polar surface area (TPSA) is 45.9 Å². The third-order valence-corrected chi connectivity index (χ3v) is 1.86. The Labute approximate surface area is 79.9 Å². The zero-order valence-corrected chi connectivity index (χ0v) is 7.71. The molecule has 0 spiro atoms. The van der Waals surface area contributed by atoms with Crippen LogP contribution in [0.5, 0.6) is 5.75 Å². The number of nitrogens with zero attached hydrogens (tertiary/aromatic N) is 2. The molecule has 0 atom stereocenters. The molecule has 74 valence electrons. The first kappa shape index (κ1) is 10.4. The van der Waals surface area contributed by atoms with E-state index in [0.717, 1.165) is 6.20 Å². The van der Waals surface area contributed by atoms with Crippen LogP contribution in [0.15, 0.2) is 6.20 Å². The summed E-state index contributed by atoms with van der Waals surface area (Å²) in [6, 6.07) is 1.81. The second-order valence-corrected chi connectivity index (χ2v) is 2.62. The average molecular weight is 198 g/mol. The molecular weight excluding hydrogens is 190 g/mol. The number of halogens is 2. The second kappa shape index (κ2) is 4.01.